The number of carboxylic acids is 1. The van der Waals surface area contributed by atoms with Gasteiger partial charge in [-0.2, -0.15) is 11.8 Å². The molecule has 0 aliphatic carbocycles. The molecule has 1 N–H and O–H groups in total. The van der Waals surface area contributed by atoms with Gasteiger partial charge in [0, 0.05) is 18.3 Å². The van der Waals surface area contributed by atoms with Gasteiger partial charge >= 0.3 is 5.97 Å². The maximum atomic E-state index is 11.0. The monoisotopic (exact) mass is 259 g/mol. The summed E-state index contributed by atoms with van der Waals surface area (Å²) in [5.41, 5.74) is 0.305. The highest BCUT2D eigenvalue weighted by Crippen LogP contribution is 2.37. The first-order valence-corrected chi connectivity index (χ1v) is 7.58. The molecule has 0 bridgehead atoms. The average Bonchev–Trinajstić information content (AvgIpc) is 2.25. The lowest BCUT2D eigenvalue weighted by atomic mass is 9.81. The lowest BCUT2D eigenvalue weighted by molar-refractivity contribution is -0.142. The molecule has 1 rings (SSSR count). The van der Waals surface area contributed by atoms with Crippen molar-refractivity contribution >= 4 is 17.7 Å². The molecule has 2 unspecified atom stereocenters. The summed E-state index contributed by atoms with van der Waals surface area (Å²) < 4.78 is 0. The number of hydrogen-bond acceptors (Lipinski definition) is 3. The predicted octanol–water partition coefficient (Wildman–Crippen LogP) is 2.56. The third-order valence-electron chi connectivity index (χ3n) is 3.85. The molecule has 1 saturated heterocycles. The fraction of sp³-hybridized carbons (Fsp3) is 0.923. The molecule has 1 aliphatic rings. The molecule has 100 valence electrons. The minimum atomic E-state index is -0.690. The van der Waals surface area contributed by atoms with Crippen LogP contribution in [0.3, 0.4) is 0 Å². The summed E-state index contributed by atoms with van der Waals surface area (Å²) in [4.78, 5) is 13.3. The molecule has 2 atom stereocenters. The molecular weight excluding hydrogens is 234 g/mol. The van der Waals surface area contributed by atoms with Gasteiger partial charge in [-0.25, -0.2) is 0 Å². The Bertz CT molecular complexity index is 268. The molecule has 0 spiro atoms. The van der Waals surface area contributed by atoms with Crippen LogP contribution < -0.4 is 0 Å². The smallest absolute Gasteiger partial charge is 0.307 e. The quantitative estimate of drug-likeness (QED) is 0.824. The second-order valence-electron chi connectivity index (χ2n) is 5.66. The zero-order valence-corrected chi connectivity index (χ0v) is 12.2. The lowest BCUT2D eigenvalue weighted by Gasteiger charge is -2.45. The third kappa shape index (κ3) is 3.88. The fourth-order valence-corrected chi connectivity index (χ4v) is 4.15. The van der Waals surface area contributed by atoms with E-state index in [0.29, 0.717) is 18.0 Å². The predicted molar refractivity (Wildman–Crippen MR) is 73.6 cm³/mol. The van der Waals surface area contributed by atoms with Crippen LogP contribution in [0.15, 0.2) is 0 Å². The Morgan fingerprint density at radius 1 is 1.59 bits per heavy atom. The maximum Gasteiger partial charge on any atom is 0.307 e. The van der Waals surface area contributed by atoms with E-state index < -0.39 is 5.97 Å². The van der Waals surface area contributed by atoms with Gasteiger partial charge in [-0.1, -0.05) is 27.7 Å². The number of thioether (sulfide) groups is 1. The van der Waals surface area contributed by atoms with Gasteiger partial charge in [0.2, 0.25) is 0 Å². The van der Waals surface area contributed by atoms with Gasteiger partial charge < -0.3 is 5.11 Å². The first-order valence-electron chi connectivity index (χ1n) is 6.43. The average molecular weight is 259 g/mol. The molecule has 17 heavy (non-hydrogen) atoms. The number of aliphatic carboxylic acids is 1. The summed E-state index contributed by atoms with van der Waals surface area (Å²) >= 11 is 2.00. The standard InChI is InChI=1S/C13H25NO2S/c1-5-14(8-10(2)12(15)16)11-9-17-7-6-13(11,3)4/h10-11H,5-9H2,1-4H3,(H,15,16). The Hall–Kier alpha value is -0.220. The second-order valence-corrected chi connectivity index (χ2v) is 6.81. The van der Waals surface area contributed by atoms with Crippen LogP contribution in [0.2, 0.25) is 0 Å². The molecule has 0 aromatic heterocycles. The lowest BCUT2D eigenvalue weighted by Crippen LogP contribution is -2.51. The van der Waals surface area contributed by atoms with Crippen LogP contribution in [0.25, 0.3) is 0 Å². The summed E-state index contributed by atoms with van der Waals surface area (Å²) in [5.74, 6) is 1.39. The zero-order valence-electron chi connectivity index (χ0n) is 11.4. The topological polar surface area (TPSA) is 40.5 Å². The highest BCUT2D eigenvalue weighted by Gasteiger charge is 2.36. The molecular formula is C13H25NO2S. The number of carbonyl (C=O) groups is 1. The van der Waals surface area contributed by atoms with Crippen molar-refractivity contribution in [2.75, 3.05) is 24.6 Å². The van der Waals surface area contributed by atoms with Gasteiger partial charge in [0.25, 0.3) is 0 Å². The van der Waals surface area contributed by atoms with Crippen LogP contribution >= 0.6 is 11.8 Å². The van der Waals surface area contributed by atoms with Gasteiger partial charge in [-0.3, -0.25) is 9.69 Å². The Balaban J connectivity index is 2.68. The minimum absolute atomic E-state index is 0.280. The van der Waals surface area contributed by atoms with E-state index in [0.717, 1.165) is 12.3 Å². The van der Waals surface area contributed by atoms with E-state index in [1.54, 1.807) is 6.92 Å². The summed E-state index contributed by atoms with van der Waals surface area (Å²) in [5, 5.41) is 9.02. The van der Waals surface area contributed by atoms with Crippen LogP contribution in [0.1, 0.15) is 34.1 Å². The molecule has 1 aliphatic heterocycles. The van der Waals surface area contributed by atoms with Crippen molar-refractivity contribution in [1.82, 2.24) is 4.90 Å². The number of carboxylic acid groups (broad SMARTS) is 1. The van der Waals surface area contributed by atoms with E-state index in [1.807, 2.05) is 11.8 Å². The normalized spacial score (nSPS) is 25.8. The van der Waals surface area contributed by atoms with Crippen LogP contribution in [-0.2, 0) is 4.79 Å². The van der Waals surface area contributed by atoms with E-state index in [2.05, 4.69) is 25.7 Å². The van der Waals surface area contributed by atoms with Crippen molar-refractivity contribution < 1.29 is 9.90 Å². The van der Waals surface area contributed by atoms with E-state index in [4.69, 9.17) is 5.11 Å². The minimum Gasteiger partial charge on any atom is -0.481 e. The van der Waals surface area contributed by atoms with Crippen molar-refractivity contribution in [1.29, 1.82) is 0 Å². The molecule has 4 heteroatoms. The molecule has 0 amide bonds. The molecule has 0 radical (unpaired) electrons. The van der Waals surface area contributed by atoms with E-state index >= 15 is 0 Å². The number of hydrogen-bond donors (Lipinski definition) is 1. The van der Waals surface area contributed by atoms with Crippen LogP contribution in [0, 0.1) is 11.3 Å². The Morgan fingerprint density at radius 2 is 2.24 bits per heavy atom. The van der Waals surface area contributed by atoms with Crippen LogP contribution in [-0.4, -0.2) is 46.6 Å². The van der Waals surface area contributed by atoms with Crippen molar-refractivity contribution in [3.8, 4) is 0 Å². The number of nitrogens with zero attached hydrogens (tertiary/aromatic N) is 1. The molecule has 1 heterocycles. The highest BCUT2D eigenvalue weighted by atomic mass is 32.2. The van der Waals surface area contributed by atoms with Crippen LogP contribution in [0.4, 0.5) is 0 Å². The van der Waals surface area contributed by atoms with Gasteiger partial charge in [0.15, 0.2) is 0 Å². The van der Waals surface area contributed by atoms with Gasteiger partial charge in [0.05, 0.1) is 5.92 Å². The molecule has 0 aromatic rings. The molecule has 0 saturated carbocycles. The summed E-state index contributed by atoms with van der Waals surface area (Å²) in [7, 11) is 0. The highest BCUT2D eigenvalue weighted by molar-refractivity contribution is 7.99. The van der Waals surface area contributed by atoms with Crippen molar-refractivity contribution in [3.63, 3.8) is 0 Å². The molecule has 0 aromatic carbocycles. The van der Waals surface area contributed by atoms with Crippen molar-refractivity contribution in [2.24, 2.45) is 11.3 Å². The Morgan fingerprint density at radius 3 is 2.71 bits per heavy atom. The molecule has 3 nitrogen and oxygen atoms in total. The second kappa shape index (κ2) is 6.10. The van der Waals surface area contributed by atoms with E-state index in [1.165, 1.54) is 12.2 Å². The van der Waals surface area contributed by atoms with Crippen molar-refractivity contribution in [3.05, 3.63) is 0 Å². The largest absolute Gasteiger partial charge is 0.481 e. The van der Waals surface area contributed by atoms with E-state index in [-0.39, 0.29) is 5.92 Å². The summed E-state index contributed by atoms with van der Waals surface area (Å²) in [6, 6.07) is 0.507. The fourth-order valence-electron chi connectivity index (χ4n) is 2.43. The first-order chi connectivity index (χ1) is 7.88. The van der Waals surface area contributed by atoms with Gasteiger partial charge in [0.1, 0.15) is 0 Å². The number of rotatable bonds is 5. The molecule has 1 fully saturated rings. The Labute approximate surface area is 109 Å². The first kappa shape index (κ1) is 14.8. The maximum absolute atomic E-state index is 11.0. The third-order valence-corrected chi connectivity index (χ3v) is 4.89. The van der Waals surface area contributed by atoms with E-state index in [9.17, 15) is 4.79 Å². The summed E-state index contributed by atoms with van der Waals surface area (Å²) in [6.07, 6.45) is 1.22. The van der Waals surface area contributed by atoms with Crippen LogP contribution in [0.5, 0.6) is 0 Å². The summed E-state index contributed by atoms with van der Waals surface area (Å²) in [6.45, 7) is 10.2. The van der Waals surface area contributed by atoms with Crippen molar-refractivity contribution in [2.45, 2.75) is 40.2 Å². The van der Waals surface area contributed by atoms with Gasteiger partial charge in [-0.15, -0.1) is 0 Å². The zero-order chi connectivity index (χ0) is 13.1. The van der Waals surface area contributed by atoms with Gasteiger partial charge in [-0.05, 0) is 24.1 Å². The SMILES string of the molecule is CCN(CC(C)C(=O)O)C1CSCCC1(C)C. The Kier molecular flexibility index (Phi) is 5.32.